The van der Waals surface area contributed by atoms with E-state index in [2.05, 4.69) is 26.0 Å². The van der Waals surface area contributed by atoms with Crippen molar-refractivity contribution in [1.29, 1.82) is 5.53 Å². The van der Waals surface area contributed by atoms with Crippen molar-refractivity contribution in [3.63, 3.8) is 0 Å². The molecule has 0 amide bonds. The lowest BCUT2D eigenvalue weighted by Gasteiger charge is -2.12. The summed E-state index contributed by atoms with van der Waals surface area (Å²) in [5.41, 5.74) is 8.18. The van der Waals surface area contributed by atoms with Crippen LogP contribution in [0.5, 0.6) is 0 Å². The summed E-state index contributed by atoms with van der Waals surface area (Å²) in [7, 11) is 0. The molecule has 0 bridgehead atoms. The zero-order valence-electron chi connectivity index (χ0n) is 8.30. The second-order valence-electron chi connectivity index (χ2n) is 2.95. The highest BCUT2D eigenvalue weighted by molar-refractivity contribution is 4.95. The lowest BCUT2D eigenvalue weighted by Crippen LogP contribution is -2.10. The van der Waals surface area contributed by atoms with Gasteiger partial charge in [-0.2, -0.15) is 5.53 Å². The molecule has 0 atom stereocenters. The maximum Gasteiger partial charge on any atom is 0.0425 e. The van der Waals surface area contributed by atoms with E-state index in [-0.39, 0.29) is 0 Å². The summed E-state index contributed by atoms with van der Waals surface area (Å²) in [5, 5.41) is 5.12. The molecule has 70 valence electrons. The molecule has 0 radical (unpaired) electrons. The molecule has 0 rings (SSSR count). The minimum absolute atomic E-state index is 0.858. The predicted molar refractivity (Wildman–Crippen MR) is 50.8 cm³/mol. The highest BCUT2D eigenvalue weighted by Crippen LogP contribution is 2.03. The zero-order chi connectivity index (χ0) is 9.40. The fraction of sp³-hybridized carbons (Fsp3) is 0.778. The molecule has 0 aromatic heterocycles. The third-order valence-electron chi connectivity index (χ3n) is 1.80. The van der Waals surface area contributed by atoms with Crippen LogP contribution in [-0.2, 0) is 0 Å². The molecule has 0 heterocycles. The lowest BCUT2D eigenvalue weighted by molar-refractivity contribution is 0.351. The van der Waals surface area contributed by atoms with Crippen molar-refractivity contribution < 1.29 is 0 Å². The number of hydrogen-bond acceptors (Lipinski definition) is 2. The Kier molecular flexibility index (Phi) is 6.34. The van der Waals surface area contributed by atoms with Crippen LogP contribution in [0.3, 0.4) is 0 Å². The molecule has 0 saturated carbocycles. The smallest absolute Gasteiger partial charge is 0.0425 e. The van der Waals surface area contributed by atoms with Crippen LogP contribution in [-0.4, -0.2) is 11.6 Å². The maximum absolute atomic E-state index is 6.91. The number of nitrogens with zero attached hydrogens (tertiary/aromatic N) is 2. The van der Waals surface area contributed by atoms with Gasteiger partial charge in [-0.1, -0.05) is 31.1 Å². The minimum Gasteiger partial charge on any atom is -0.255 e. The van der Waals surface area contributed by atoms with Crippen LogP contribution in [0.4, 0.5) is 0 Å². The van der Waals surface area contributed by atoms with Gasteiger partial charge in [0.25, 0.3) is 0 Å². The van der Waals surface area contributed by atoms with Crippen LogP contribution in [0.25, 0.3) is 0 Å². The van der Waals surface area contributed by atoms with Crippen molar-refractivity contribution in [2.45, 2.75) is 40.0 Å². The molecule has 0 aromatic rings. The van der Waals surface area contributed by atoms with E-state index >= 15 is 0 Å². The SMILES string of the molecule is CCCCN(/C=C(\C)CC)N=N. The summed E-state index contributed by atoms with van der Waals surface area (Å²) in [6, 6.07) is 0. The summed E-state index contributed by atoms with van der Waals surface area (Å²) >= 11 is 0. The Hall–Kier alpha value is -0.860. The standard InChI is InChI=1S/C9H19N3/c1-4-6-7-12(11-10)8-9(3)5-2/h8,10H,4-7H2,1-3H3/b9-8+,11-10?. The first-order valence-corrected chi connectivity index (χ1v) is 4.55. The van der Waals surface area contributed by atoms with E-state index in [0.717, 1.165) is 25.8 Å². The van der Waals surface area contributed by atoms with Gasteiger partial charge in [-0.3, -0.25) is 5.01 Å². The third kappa shape index (κ3) is 4.88. The van der Waals surface area contributed by atoms with Crippen LogP contribution in [0, 0.1) is 5.53 Å². The second-order valence-corrected chi connectivity index (χ2v) is 2.95. The Bertz CT molecular complexity index is 152. The molecule has 0 spiro atoms. The average Bonchev–Trinajstić information content (AvgIpc) is 2.11. The number of hydrogen-bond donors (Lipinski definition) is 1. The van der Waals surface area contributed by atoms with Crippen molar-refractivity contribution in [2.24, 2.45) is 5.22 Å². The van der Waals surface area contributed by atoms with Gasteiger partial charge in [0.15, 0.2) is 0 Å². The first-order valence-electron chi connectivity index (χ1n) is 4.55. The molecule has 0 fully saturated rings. The van der Waals surface area contributed by atoms with Gasteiger partial charge in [-0.15, -0.1) is 0 Å². The summed E-state index contributed by atoms with van der Waals surface area (Å²) in [6.07, 6.45) is 5.21. The Morgan fingerprint density at radius 1 is 1.50 bits per heavy atom. The lowest BCUT2D eigenvalue weighted by atomic mass is 10.2. The number of unbranched alkanes of at least 4 members (excludes halogenated alkanes) is 1. The molecular formula is C9H19N3. The highest BCUT2D eigenvalue weighted by Gasteiger charge is 1.95. The monoisotopic (exact) mass is 169 g/mol. The van der Waals surface area contributed by atoms with Crippen molar-refractivity contribution >= 4 is 0 Å². The number of rotatable bonds is 6. The van der Waals surface area contributed by atoms with Gasteiger partial charge in [0.05, 0.1) is 0 Å². The van der Waals surface area contributed by atoms with Crippen molar-refractivity contribution in [2.75, 3.05) is 6.54 Å². The van der Waals surface area contributed by atoms with Gasteiger partial charge in [-0.05, 0) is 19.8 Å². The van der Waals surface area contributed by atoms with Gasteiger partial charge in [0.2, 0.25) is 0 Å². The average molecular weight is 169 g/mol. The summed E-state index contributed by atoms with van der Waals surface area (Å²) in [4.78, 5) is 0. The Morgan fingerprint density at radius 3 is 2.58 bits per heavy atom. The fourth-order valence-corrected chi connectivity index (χ4v) is 0.809. The van der Waals surface area contributed by atoms with Gasteiger partial charge >= 0.3 is 0 Å². The van der Waals surface area contributed by atoms with Crippen molar-refractivity contribution in [3.8, 4) is 0 Å². The quantitative estimate of drug-likeness (QED) is 0.480. The molecular weight excluding hydrogens is 150 g/mol. The van der Waals surface area contributed by atoms with E-state index in [0.29, 0.717) is 0 Å². The topological polar surface area (TPSA) is 39.5 Å². The largest absolute Gasteiger partial charge is 0.255 e. The van der Waals surface area contributed by atoms with Crippen molar-refractivity contribution in [3.05, 3.63) is 11.8 Å². The third-order valence-corrected chi connectivity index (χ3v) is 1.80. The second kappa shape index (κ2) is 6.83. The maximum atomic E-state index is 6.91. The van der Waals surface area contributed by atoms with E-state index in [9.17, 15) is 0 Å². The molecule has 0 aliphatic carbocycles. The molecule has 12 heavy (non-hydrogen) atoms. The summed E-state index contributed by atoms with van der Waals surface area (Å²) in [6.45, 7) is 7.16. The summed E-state index contributed by atoms with van der Waals surface area (Å²) < 4.78 is 0. The Labute approximate surface area is 74.9 Å². The van der Waals surface area contributed by atoms with Gasteiger partial charge < -0.3 is 0 Å². The van der Waals surface area contributed by atoms with Gasteiger partial charge in [0, 0.05) is 12.7 Å². The molecule has 0 aliphatic rings. The van der Waals surface area contributed by atoms with E-state index in [4.69, 9.17) is 5.53 Å². The minimum atomic E-state index is 0.858. The van der Waals surface area contributed by atoms with Crippen LogP contribution < -0.4 is 0 Å². The summed E-state index contributed by atoms with van der Waals surface area (Å²) in [5.74, 6) is 0. The Morgan fingerprint density at radius 2 is 2.17 bits per heavy atom. The molecule has 0 saturated heterocycles. The van der Waals surface area contributed by atoms with E-state index in [1.807, 2.05) is 6.20 Å². The molecule has 3 nitrogen and oxygen atoms in total. The first-order chi connectivity index (χ1) is 5.74. The molecule has 3 heteroatoms. The van der Waals surface area contributed by atoms with Crippen LogP contribution in [0.2, 0.25) is 0 Å². The van der Waals surface area contributed by atoms with Crippen LogP contribution in [0.15, 0.2) is 17.0 Å². The molecule has 0 aliphatic heterocycles. The van der Waals surface area contributed by atoms with Gasteiger partial charge in [-0.25, -0.2) is 0 Å². The molecule has 0 unspecified atom stereocenters. The number of allylic oxidation sites excluding steroid dienone is 1. The molecule has 0 aromatic carbocycles. The van der Waals surface area contributed by atoms with Crippen molar-refractivity contribution in [1.82, 2.24) is 5.01 Å². The van der Waals surface area contributed by atoms with Crippen LogP contribution in [0.1, 0.15) is 40.0 Å². The van der Waals surface area contributed by atoms with E-state index in [1.54, 1.807) is 5.01 Å². The van der Waals surface area contributed by atoms with E-state index in [1.165, 1.54) is 5.57 Å². The van der Waals surface area contributed by atoms with Gasteiger partial charge in [0.1, 0.15) is 0 Å². The normalized spacial score (nSPS) is 11.4. The van der Waals surface area contributed by atoms with Crippen LogP contribution >= 0.6 is 0 Å². The van der Waals surface area contributed by atoms with E-state index < -0.39 is 0 Å². The zero-order valence-corrected chi connectivity index (χ0v) is 8.30. The number of nitrogens with one attached hydrogen (secondary N) is 1. The molecule has 1 N–H and O–H groups in total. The fourth-order valence-electron chi connectivity index (χ4n) is 0.809. The highest BCUT2D eigenvalue weighted by atomic mass is 15.5. The Balaban J connectivity index is 3.89. The predicted octanol–water partition coefficient (Wildman–Crippen LogP) is 3.35. The first kappa shape index (κ1) is 11.1.